The number of nitrogens with one attached hydrogen (secondary N) is 2. The Morgan fingerprint density at radius 3 is 2.72 bits per heavy atom. The molecule has 0 aliphatic carbocycles. The van der Waals surface area contributed by atoms with E-state index in [4.69, 9.17) is 0 Å². The molecule has 1 aromatic heterocycles. The molecule has 5 nitrogen and oxygen atoms in total. The zero-order chi connectivity index (χ0) is 13.4. The number of carbonyl (C=O) groups excluding carboxylic acids is 1. The lowest BCUT2D eigenvalue weighted by molar-refractivity contribution is 0.238. The van der Waals surface area contributed by atoms with Crippen molar-refractivity contribution in [2.45, 2.75) is 26.3 Å². The van der Waals surface area contributed by atoms with Crippen molar-refractivity contribution in [1.29, 1.82) is 0 Å². The molecule has 1 atom stereocenters. The summed E-state index contributed by atoms with van der Waals surface area (Å²) in [5, 5.41) is 5.58. The molecule has 1 heterocycles. The number of hydrogen-bond acceptors (Lipinski definition) is 3. The van der Waals surface area contributed by atoms with Gasteiger partial charge in [-0.2, -0.15) is 0 Å². The van der Waals surface area contributed by atoms with Crippen LogP contribution in [0.4, 0.5) is 10.5 Å². The van der Waals surface area contributed by atoms with E-state index in [1.54, 1.807) is 24.5 Å². The molecule has 2 N–H and O–H groups in total. The lowest BCUT2D eigenvalue weighted by Gasteiger charge is -2.23. The summed E-state index contributed by atoms with van der Waals surface area (Å²) in [6.07, 6.45) is 4.40. The van der Waals surface area contributed by atoms with Crippen LogP contribution in [0.5, 0.6) is 0 Å². The molecular weight excluding hydrogens is 228 g/mol. The Kier molecular flexibility index (Phi) is 6.14. The van der Waals surface area contributed by atoms with Gasteiger partial charge in [0.25, 0.3) is 0 Å². The van der Waals surface area contributed by atoms with Crippen molar-refractivity contribution in [3.05, 3.63) is 24.5 Å². The van der Waals surface area contributed by atoms with Crippen molar-refractivity contribution < 1.29 is 4.79 Å². The van der Waals surface area contributed by atoms with Crippen LogP contribution in [0, 0.1) is 0 Å². The molecule has 1 aromatic rings. The van der Waals surface area contributed by atoms with Crippen molar-refractivity contribution in [1.82, 2.24) is 15.2 Å². The van der Waals surface area contributed by atoms with Crippen LogP contribution in [0.1, 0.15) is 20.3 Å². The molecule has 2 amide bonds. The molecular formula is C13H22N4O. The third-order valence-corrected chi connectivity index (χ3v) is 3.03. The van der Waals surface area contributed by atoms with E-state index in [1.807, 2.05) is 0 Å². The summed E-state index contributed by atoms with van der Waals surface area (Å²) < 4.78 is 0. The van der Waals surface area contributed by atoms with E-state index >= 15 is 0 Å². The van der Waals surface area contributed by atoms with Gasteiger partial charge in [0, 0.05) is 37.2 Å². The number of nitrogens with zero attached hydrogens (tertiary/aromatic N) is 2. The first-order chi connectivity index (χ1) is 8.63. The minimum Gasteiger partial charge on any atom is -0.337 e. The minimum atomic E-state index is -0.182. The zero-order valence-electron chi connectivity index (χ0n) is 11.3. The molecule has 0 radical (unpaired) electrons. The number of rotatable bonds is 6. The van der Waals surface area contributed by atoms with Crippen molar-refractivity contribution >= 4 is 11.7 Å². The topological polar surface area (TPSA) is 57.3 Å². The average molecular weight is 250 g/mol. The maximum absolute atomic E-state index is 11.6. The molecule has 0 fully saturated rings. The lowest BCUT2D eigenvalue weighted by Crippen LogP contribution is -2.38. The first kappa shape index (κ1) is 14.4. The Morgan fingerprint density at radius 1 is 1.44 bits per heavy atom. The van der Waals surface area contributed by atoms with Crippen molar-refractivity contribution in [3.8, 4) is 0 Å². The predicted octanol–water partition coefficient (Wildman–Crippen LogP) is 1.93. The zero-order valence-corrected chi connectivity index (χ0v) is 11.3. The van der Waals surface area contributed by atoms with Gasteiger partial charge in [0.15, 0.2) is 0 Å². The van der Waals surface area contributed by atoms with Gasteiger partial charge in [0.1, 0.15) is 0 Å². The Morgan fingerprint density at radius 2 is 2.11 bits per heavy atom. The third-order valence-electron chi connectivity index (χ3n) is 3.03. The van der Waals surface area contributed by atoms with E-state index in [0.29, 0.717) is 12.6 Å². The van der Waals surface area contributed by atoms with E-state index in [0.717, 1.165) is 18.7 Å². The van der Waals surface area contributed by atoms with Crippen molar-refractivity contribution in [3.63, 3.8) is 0 Å². The highest BCUT2D eigenvalue weighted by atomic mass is 16.2. The number of hydrogen-bond donors (Lipinski definition) is 2. The number of aromatic nitrogens is 1. The predicted molar refractivity (Wildman–Crippen MR) is 73.6 cm³/mol. The van der Waals surface area contributed by atoms with E-state index in [1.165, 1.54) is 0 Å². The molecule has 0 aliphatic rings. The smallest absolute Gasteiger partial charge is 0.319 e. The number of likely N-dealkylation sites (N-methyl/N-ethyl adjacent to an activating group) is 1. The maximum atomic E-state index is 11.6. The normalized spacial score (nSPS) is 12.2. The Bertz CT molecular complexity index is 355. The van der Waals surface area contributed by atoms with E-state index in [9.17, 15) is 4.79 Å². The van der Waals surface area contributed by atoms with Gasteiger partial charge >= 0.3 is 6.03 Å². The highest BCUT2D eigenvalue weighted by Gasteiger charge is 2.06. The first-order valence-electron chi connectivity index (χ1n) is 6.28. The van der Waals surface area contributed by atoms with Crippen LogP contribution in [0.25, 0.3) is 0 Å². The second kappa shape index (κ2) is 7.66. The fourth-order valence-corrected chi connectivity index (χ4v) is 1.49. The molecule has 1 unspecified atom stereocenters. The van der Waals surface area contributed by atoms with Crippen LogP contribution in [-0.4, -0.2) is 42.1 Å². The summed E-state index contributed by atoms with van der Waals surface area (Å²) in [5.74, 6) is 0. The monoisotopic (exact) mass is 250 g/mol. The summed E-state index contributed by atoms with van der Waals surface area (Å²) in [4.78, 5) is 17.7. The summed E-state index contributed by atoms with van der Waals surface area (Å²) in [7, 11) is 2.07. The van der Waals surface area contributed by atoms with Gasteiger partial charge in [-0.05, 0) is 32.5 Å². The molecule has 100 valence electrons. The van der Waals surface area contributed by atoms with Crippen LogP contribution >= 0.6 is 0 Å². The molecule has 0 spiro atoms. The molecule has 0 aliphatic heterocycles. The third kappa shape index (κ3) is 5.14. The van der Waals surface area contributed by atoms with Crippen LogP contribution < -0.4 is 10.6 Å². The van der Waals surface area contributed by atoms with Gasteiger partial charge in [-0.3, -0.25) is 4.98 Å². The average Bonchev–Trinajstić information content (AvgIpc) is 2.38. The fourth-order valence-electron chi connectivity index (χ4n) is 1.49. The van der Waals surface area contributed by atoms with E-state index in [-0.39, 0.29) is 6.03 Å². The molecule has 0 bridgehead atoms. The SMILES string of the molecule is CCC(C)N(C)CCNC(=O)Nc1ccncc1. The maximum Gasteiger partial charge on any atom is 0.319 e. The Balaban J connectivity index is 2.22. The standard InChI is InChI=1S/C13H22N4O/c1-4-11(2)17(3)10-9-15-13(18)16-12-5-7-14-8-6-12/h5-8,11H,4,9-10H2,1-3H3,(H2,14,15,16,18). The first-order valence-corrected chi connectivity index (χ1v) is 6.28. The molecule has 1 rings (SSSR count). The summed E-state index contributed by atoms with van der Waals surface area (Å²) in [6.45, 7) is 5.82. The van der Waals surface area contributed by atoms with Crippen molar-refractivity contribution in [2.24, 2.45) is 0 Å². The van der Waals surface area contributed by atoms with E-state index in [2.05, 4.69) is 41.4 Å². The summed E-state index contributed by atoms with van der Waals surface area (Å²) in [5.41, 5.74) is 0.748. The van der Waals surface area contributed by atoms with Gasteiger partial charge in [-0.1, -0.05) is 6.92 Å². The number of urea groups is 1. The van der Waals surface area contributed by atoms with Crippen LogP contribution in [0.15, 0.2) is 24.5 Å². The van der Waals surface area contributed by atoms with Gasteiger partial charge in [-0.25, -0.2) is 4.79 Å². The number of carbonyl (C=O) groups is 1. The van der Waals surface area contributed by atoms with Crippen LogP contribution in [0.3, 0.4) is 0 Å². The van der Waals surface area contributed by atoms with Gasteiger partial charge in [-0.15, -0.1) is 0 Å². The Hall–Kier alpha value is -1.62. The number of amides is 2. The molecule has 5 heteroatoms. The van der Waals surface area contributed by atoms with Gasteiger partial charge in [0.2, 0.25) is 0 Å². The second-order valence-corrected chi connectivity index (χ2v) is 4.35. The quantitative estimate of drug-likeness (QED) is 0.811. The van der Waals surface area contributed by atoms with Crippen LogP contribution in [-0.2, 0) is 0 Å². The Labute approximate surface area is 109 Å². The van der Waals surface area contributed by atoms with Gasteiger partial charge in [0.05, 0.1) is 0 Å². The van der Waals surface area contributed by atoms with E-state index < -0.39 is 0 Å². The number of pyridine rings is 1. The molecule has 0 aromatic carbocycles. The van der Waals surface area contributed by atoms with Crippen LogP contribution in [0.2, 0.25) is 0 Å². The highest BCUT2D eigenvalue weighted by Crippen LogP contribution is 2.02. The van der Waals surface area contributed by atoms with Gasteiger partial charge < -0.3 is 15.5 Å². The minimum absolute atomic E-state index is 0.182. The molecule has 18 heavy (non-hydrogen) atoms. The summed E-state index contributed by atoms with van der Waals surface area (Å²) >= 11 is 0. The largest absolute Gasteiger partial charge is 0.337 e. The second-order valence-electron chi connectivity index (χ2n) is 4.35. The molecule has 0 saturated carbocycles. The fraction of sp³-hybridized carbons (Fsp3) is 0.538. The van der Waals surface area contributed by atoms with Crippen molar-refractivity contribution in [2.75, 3.05) is 25.5 Å². The molecule has 0 saturated heterocycles. The summed E-state index contributed by atoms with van der Waals surface area (Å²) in [6, 6.07) is 3.87. The number of anilines is 1. The lowest BCUT2D eigenvalue weighted by atomic mass is 10.2. The highest BCUT2D eigenvalue weighted by molar-refractivity contribution is 5.88.